The first-order valence-corrected chi connectivity index (χ1v) is 12.0. The van der Waals surface area contributed by atoms with Crippen LogP contribution in [0, 0.1) is 11.5 Å². The van der Waals surface area contributed by atoms with Crippen LogP contribution in [0.1, 0.15) is 24.7 Å². The van der Waals surface area contributed by atoms with E-state index in [4.69, 9.17) is 31.7 Å². The summed E-state index contributed by atoms with van der Waals surface area (Å²) in [7, 11) is 1.58. The number of benzene rings is 3. The lowest BCUT2D eigenvalue weighted by Gasteiger charge is -2.12. The van der Waals surface area contributed by atoms with Crippen LogP contribution in [-0.2, 0) is 13.0 Å². The number of aromatic nitrogens is 2. The predicted molar refractivity (Wildman–Crippen MR) is 144 cm³/mol. The standard InChI is InChI=1S/C27H25ClN6O3/c1-3-6-24-33-25-21(28)13-19(32-26(30-2)31-16-29)14-22(25)34(24)15-17-9-11-18(12-10-17)20-7-4-5-8-23(20)37-27(35)36/h4-5,7-14H,3,6,15H2,1-2H3,(H,35,36)(H2,30,31,32). The fourth-order valence-electron chi connectivity index (χ4n) is 4.09. The van der Waals surface area contributed by atoms with Crippen LogP contribution < -0.4 is 15.4 Å². The number of anilines is 1. The van der Waals surface area contributed by atoms with Crippen molar-refractivity contribution in [2.75, 3.05) is 12.4 Å². The number of imidazole rings is 1. The fraction of sp³-hybridized carbons (Fsp3) is 0.185. The second-order valence-electron chi connectivity index (χ2n) is 8.19. The molecule has 3 N–H and O–H groups in total. The average Bonchev–Trinajstić information content (AvgIpc) is 3.22. The summed E-state index contributed by atoms with van der Waals surface area (Å²) in [6.45, 7) is 2.66. The predicted octanol–water partition coefficient (Wildman–Crippen LogP) is 5.88. The second-order valence-corrected chi connectivity index (χ2v) is 8.59. The third-order valence-electron chi connectivity index (χ3n) is 5.71. The summed E-state index contributed by atoms with van der Waals surface area (Å²) in [4.78, 5) is 19.9. The molecule has 0 fully saturated rings. The average molecular weight is 517 g/mol. The molecular weight excluding hydrogens is 492 g/mol. The van der Waals surface area contributed by atoms with Crippen LogP contribution in [0.25, 0.3) is 22.2 Å². The minimum absolute atomic E-state index is 0.282. The monoisotopic (exact) mass is 516 g/mol. The van der Waals surface area contributed by atoms with Gasteiger partial charge >= 0.3 is 6.16 Å². The Morgan fingerprint density at radius 2 is 1.97 bits per heavy atom. The van der Waals surface area contributed by atoms with Crippen LogP contribution in [0.4, 0.5) is 10.5 Å². The van der Waals surface area contributed by atoms with Gasteiger partial charge in [0.05, 0.1) is 10.5 Å². The lowest BCUT2D eigenvalue weighted by Crippen LogP contribution is -2.26. The molecule has 4 rings (SSSR count). The number of aryl methyl sites for hydroxylation is 1. The molecule has 0 amide bonds. The van der Waals surface area contributed by atoms with Crippen molar-refractivity contribution < 1.29 is 14.6 Å². The van der Waals surface area contributed by atoms with Crippen LogP contribution in [-0.4, -0.2) is 33.8 Å². The van der Waals surface area contributed by atoms with Crippen LogP contribution in [0.15, 0.2) is 65.7 Å². The molecule has 1 aromatic heterocycles. The fourth-order valence-corrected chi connectivity index (χ4v) is 4.34. The molecule has 0 spiro atoms. The maximum absolute atomic E-state index is 11.1. The molecule has 4 aromatic rings. The number of rotatable bonds is 7. The molecule has 10 heteroatoms. The van der Waals surface area contributed by atoms with Crippen LogP contribution in [0.2, 0.25) is 5.02 Å². The van der Waals surface area contributed by atoms with Gasteiger partial charge in [-0.25, -0.2) is 9.78 Å². The number of halogens is 1. The Kier molecular flexibility index (Phi) is 7.91. The molecule has 3 aromatic carbocycles. The van der Waals surface area contributed by atoms with Gasteiger partial charge in [-0.1, -0.05) is 61.0 Å². The minimum Gasteiger partial charge on any atom is -0.449 e. The molecule has 0 aliphatic rings. The maximum atomic E-state index is 11.1. The van der Waals surface area contributed by atoms with Crippen LogP contribution in [0.3, 0.4) is 0 Å². The highest BCUT2D eigenvalue weighted by Gasteiger charge is 2.16. The highest BCUT2D eigenvalue weighted by atomic mass is 35.5. The van der Waals surface area contributed by atoms with Gasteiger partial charge in [0.2, 0.25) is 5.96 Å². The van der Waals surface area contributed by atoms with Crippen molar-refractivity contribution >= 4 is 40.4 Å². The Hall–Kier alpha value is -4.55. The molecule has 188 valence electrons. The number of hydrogen-bond donors (Lipinski definition) is 3. The summed E-state index contributed by atoms with van der Waals surface area (Å²) in [6, 6.07) is 18.6. The van der Waals surface area contributed by atoms with E-state index in [0.29, 0.717) is 34.3 Å². The summed E-state index contributed by atoms with van der Waals surface area (Å²) in [6.07, 6.45) is 2.20. The maximum Gasteiger partial charge on any atom is 0.511 e. The molecule has 0 atom stereocenters. The molecule has 37 heavy (non-hydrogen) atoms. The molecule has 0 bridgehead atoms. The SMILES string of the molecule is CCCc1nc2c(Cl)cc(NC(=NC)NC#N)cc2n1Cc1ccc(-c2ccccc2OC(=O)O)cc1. The first kappa shape index (κ1) is 25.5. The van der Waals surface area contributed by atoms with Gasteiger partial charge in [-0.05, 0) is 35.7 Å². The van der Waals surface area contributed by atoms with E-state index in [1.807, 2.05) is 48.7 Å². The Morgan fingerprint density at radius 3 is 2.65 bits per heavy atom. The molecule has 0 saturated carbocycles. The summed E-state index contributed by atoms with van der Waals surface area (Å²) >= 11 is 6.60. The van der Waals surface area contributed by atoms with Crippen LogP contribution in [0.5, 0.6) is 5.75 Å². The Balaban J connectivity index is 1.69. The van der Waals surface area contributed by atoms with Crippen molar-refractivity contribution in [2.45, 2.75) is 26.3 Å². The third-order valence-corrected chi connectivity index (χ3v) is 6.00. The van der Waals surface area contributed by atoms with Gasteiger partial charge in [-0.2, -0.15) is 5.26 Å². The lowest BCUT2D eigenvalue weighted by atomic mass is 10.0. The zero-order chi connectivity index (χ0) is 26.4. The lowest BCUT2D eigenvalue weighted by molar-refractivity contribution is 0.144. The summed E-state index contributed by atoms with van der Waals surface area (Å²) in [5.41, 5.74) is 4.81. The van der Waals surface area contributed by atoms with Crippen molar-refractivity contribution in [3.05, 3.63) is 77.1 Å². The van der Waals surface area contributed by atoms with Crippen LogP contribution >= 0.6 is 11.6 Å². The van der Waals surface area contributed by atoms with Gasteiger partial charge in [0.1, 0.15) is 17.1 Å². The van der Waals surface area contributed by atoms with Gasteiger partial charge in [-0.3, -0.25) is 10.3 Å². The number of nitrogens with zero attached hydrogens (tertiary/aromatic N) is 4. The zero-order valence-electron chi connectivity index (χ0n) is 20.3. The van der Waals surface area contributed by atoms with E-state index in [0.717, 1.165) is 35.3 Å². The number of ether oxygens (including phenoxy) is 1. The third kappa shape index (κ3) is 5.82. The topological polar surface area (TPSA) is 125 Å². The van der Waals surface area contributed by atoms with E-state index in [1.165, 1.54) is 0 Å². The van der Waals surface area contributed by atoms with Crippen molar-refractivity contribution in [1.29, 1.82) is 5.26 Å². The smallest absolute Gasteiger partial charge is 0.449 e. The number of carbonyl (C=O) groups is 1. The van der Waals surface area contributed by atoms with E-state index in [2.05, 4.69) is 27.1 Å². The quantitative estimate of drug-likeness (QED) is 0.0699. The van der Waals surface area contributed by atoms with E-state index in [9.17, 15) is 4.79 Å². The number of nitrogens with one attached hydrogen (secondary N) is 2. The number of aliphatic imine (C=N–C) groups is 1. The van der Waals surface area contributed by atoms with E-state index in [-0.39, 0.29) is 5.75 Å². The highest BCUT2D eigenvalue weighted by Crippen LogP contribution is 2.32. The molecule has 0 aliphatic carbocycles. The van der Waals surface area contributed by atoms with E-state index >= 15 is 0 Å². The van der Waals surface area contributed by atoms with Gasteiger partial charge in [0.15, 0.2) is 6.19 Å². The Morgan fingerprint density at radius 1 is 1.22 bits per heavy atom. The number of fused-ring (bicyclic) bond motifs is 1. The number of nitriles is 1. The number of para-hydroxylation sites is 1. The first-order chi connectivity index (χ1) is 17.9. The summed E-state index contributed by atoms with van der Waals surface area (Å²) in [5.74, 6) is 1.50. The molecule has 0 unspecified atom stereocenters. The number of carboxylic acid groups (broad SMARTS) is 1. The summed E-state index contributed by atoms with van der Waals surface area (Å²) in [5, 5.41) is 24.0. The number of hydrogen-bond acceptors (Lipinski definition) is 5. The second kappa shape index (κ2) is 11.5. The first-order valence-electron chi connectivity index (χ1n) is 11.6. The van der Waals surface area contributed by atoms with Crippen molar-refractivity contribution in [2.24, 2.45) is 4.99 Å². The van der Waals surface area contributed by atoms with Gasteiger partial charge in [0, 0.05) is 31.3 Å². The van der Waals surface area contributed by atoms with E-state index in [1.54, 1.807) is 25.2 Å². The summed E-state index contributed by atoms with van der Waals surface area (Å²) < 4.78 is 7.07. The highest BCUT2D eigenvalue weighted by molar-refractivity contribution is 6.35. The molecule has 1 heterocycles. The Bertz CT molecular complexity index is 1510. The van der Waals surface area contributed by atoms with Crippen molar-refractivity contribution in [3.63, 3.8) is 0 Å². The van der Waals surface area contributed by atoms with Gasteiger partial charge < -0.3 is 19.7 Å². The number of guanidine groups is 1. The largest absolute Gasteiger partial charge is 0.511 e. The van der Waals surface area contributed by atoms with Gasteiger partial charge in [-0.15, -0.1) is 0 Å². The molecular formula is C27H25ClN6O3. The molecule has 0 radical (unpaired) electrons. The van der Waals surface area contributed by atoms with Crippen molar-refractivity contribution in [1.82, 2.24) is 14.9 Å². The molecule has 9 nitrogen and oxygen atoms in total. The molecule has 0 aliphatic heterocycles. The normalized spacial score (nSPS) is 11.2. The van der Waals surface area contributed by atoms with Crippen molar-refractivity contribution in [3.8, 4) is 23.1 Å². The van der Waals surface area contributed by atoms with E-state index < -0.39 is 6.16 Å². The Labute approximate surface area is 219 Å². The zero-order valence-corrected chi connectivity index (χ0v) is 21.1. The van der Waals surface area contributed by atoms with Gasteiger partial charge in [0.25, 0.3) is 0 Å². The molecule has 0 saturated heterocycles. The minimum atomic E-state index is -1.35.